The summed E-state index contributed by atoms with van der Waals surface area (Å²) in [5.41, 5.74) is 0.410. The van der Waals surface area contributed by atoms with Crippen LogP contribution in [0.4, 0.5) is 11.5 Å². The van der Waals surface area contributed by atoms with Gasteiger partial charge in [-0.05, 0) is 6.07 Å². The maximum absolute atomic E-state index is 10.9. The average molecular weight is 295 g/mol. The van der Waals surface area contributed by atoms with Crippen LogP contribution in [-0.2, 0) is 6.61 Å². The van der Waals surface area contributed by atoms with Crippen LogP contribution in [0.15, 0.2) is 30.6 Å². The molecular weight excluding hydrogens is 284 g/mol. The van der Waals surface area contributed by atoms with Gasteiger partial charge in [-0.15, -0.1) is 0 Å². The van der Waals surface area contributed by atoms with Crippen molar-refractivity contribution in [3.05, 3.63) is 51.4 Å². The Hall–Kier alpha value is -2.41. The van der Waals surface area contributed by atoms with Crippen molar-refractivity contribution >= 4 is 23.1 Å². The highest BCUT2D eigenvalue weighted by Crippen LogP contribution is 2.30. The number of rotatable bonds is 5. The topological polar surface area (TPSA) is 90.2 Å². The maximum atomic E-state index is 10.9. The number of anilines is 1. The third-order valence-corrected chi connectivity index (χ3v) is 2.69. The molecule has 7 nitrogen and oxygen atoms in total. The van der Waals surface area contributed by atoms with E-state index in [0.717, 1.165) is 0 Å². The van der Waals surface area contributed by atoms with Crippen LogP contribution in [0.25, 0.3) is 0 Å². The second kappa shape index (κ2) is 6.16. The van der Waals surface area contributed by atoms with Gasteiger partial charge in [0.05, 0.1) is 23.0 Å². The maximum Gasteiger partial charge on any atom is 0.311 e. The van der Waals surface area contributed by atoms with Crippen LogP contribution in [0.2, 0.25) is 5.02 Å². The third kappa shape index (κ3) is 3.33. The van der Waals surface area contributed by atoms with Crippen molar-refractivity contribution in [2.24, 2.45) is 0 Å². The Morgan fingerprint density at radius 2 is 2.20 bits per heavy atom. The van der Waals surface area contributed by atoms with Gasteiger partial charge in [-0.1, -0.05) is 11.6 Å². The third-order valence-electron chi connectivity index (χ3n) is 2.46. The molecule has 0 aliphatic heterocycles. The molecule has 0 saturated heterocycles. The molecule has 0 aliphatic carbocycles. The number of nitrogens with zero attached hydrogens (tertiary/aromatic N) is 3. The predicted octanol–water partition coefficient (Wildman–Crippen LogP) is 2.66. The molecule has 1 aromatic carbocycles. The van der Waals surface area contributed by atoms with Gasteiger partial charge in [-0.2, -0.15) is 0 Å². The van der Waals surface area contributed by atoms with Crippen molar-refractivity contribution in [1.82, 2.24) is 9.97 Å². The summed E-state index contributed by atoms with van der Waals surface area (Å²) in [5.74, 6) is 0.726. The molecule has 0 aliphatic rings. The zero-order valence-corrected chi connectivity index (χ0v) is 11.3. The van der Waals surface area contributed by atoms with Crippen molar-refractivity contribution in [2.45, 2.75) is 6.61 Å². The molecule has 0 atom stereocenters. The molecular formula is C12H11ClN4O3. The van der Waals surface area contributed by atoms with E-state index in [4.69, 9.17) is 16.3 Å². The standard InChI is InChI=1S/C12H11ClN4O3/c1-14-12-6-15-9(5-16-12)7-20-11-4-8(13)2-3-10(11)17(18)19/h2-6H,7H2,1H3,(H,14,16). The smallest absolute Gasteiger partial charge is 0.311 e. The summed E-state index contributed by atoms with van der Waals surface area (Å²) in [7, 11) is 1.73. The van der Waals surface area contributed by atoms with Gasteiger partial charge in [0.15, 0.2) is 5.75 Å². The lowest BCUT2D eigenvalue weighted by Crippen LogP contribution is -2.02. The minimum atomic E-state index is -0.526. The molecule has 1 N–H and O–H groups in total. The lowest BCUT2D eigenvalue weighted by molar-refractivity contribution is -0.385. The molecule has 2 aromatic rings. The number of hydrogen-bond acceptors (Lipinski definition) is 6. The van der Waals surface area contributed by atoms with Crippen LogP contribution >= 0.6 is 11.6 Å². The number of halogens is 1. The van der Waals surface area contributed by atoms with E-state index in [9.17, 15) is 10.1 Å². The predicted molar refractivity (Wildman–Crippen MR) is 74.0 cm³/mol. The van der Waals surface area contributed by atoms with Crippen molar-refractivity contribution in [2.75, 3.05) is 12.4 Å². The van der Waals surface area contributed by atoms with E-state index >= 15 is 0 Å². The Morgan fingerprint density at radius 1 is 1.40 bits per heavy atom. The SMILES string of the molecule is CNc1cnc(COc2cc(Cl)ccc2[N+](=O)[O-])cn1. The molecule has 0 unspecified atom stereocenters. The normalized spacial score (nSPS) is 10.1. The quantitative estimate of drug-likeness (QED) is 0.673. The van der Waals surface area contributed by atoms with E-state index in [0.29, 0.717) is 16.5 Å². The summed E-state index contributed by atoms with van der Waals surface area (Å²) in [4.78, 5) is 18.5. The molecule has 1 aromatic heterocycles. The summed E-state index contributed by atoms with van der Waals surface area (Å²) >= 11 is 5.80. The lowest BCUT2D eigenvalue weighted by Gasteiger charge is -2.07. The van der Waals surface area contributed by atoms with Gasteiger partial charge in [0.1, 0.15) is 12.4 Å². The molecule has 0 spiro atoms. The minimum absolute atomic E-state index is 0.0676. The lowest BCUT2D eigenvalue weighted by atomic mass is 10.3. The van der Waals surface area contributed by atoms with Gasteiger partial charge in [0.25, 0.3) is 0 Å². The van der Waals surface area contributed by atoms with Crippen molar-refractivity contribution in [3.8, 4) is 5.75 Å². The van der Waals surface area contributed by atoms with Crippen LogP contribution in [0.1, 0.15) is 5.69 Å². The zero-order chi connectivity index (χ0) is 14.5. The average Bonchev–Trinajstić information content (AvgIpc) is 2.45. The Labute approximate surface area is 119 Å². The van der Waals surface area contributed by atoms with E-state index in [1.165, 1.54) is 24.4 Å². The van der Waals surface area contributed by atoms with Crippen LogP contribution in [0.5, 0.6) is 5.75 Å². The van der Waals surface area contributed by atoms with Crippen molar-refractivity contribution in [3.63, 3.8) is 0 Å². The van der Waals surface area contributed by atoms with Gasteiger partial charge in [-0.25, -0.2) is 4.98 Å². The first-order chi connectivity index (χ1) is 9.60. The monoisotopic (exact) mass is 294 g/mol. The van der Waals surface area contributed by atoms with Crippen LogP contribution < -0.4 is 10.1 Å². The molecule has 8 heteroatoms. The van der Waals surface area contributed by atoms with Gasteiger partial charge in [0.2, 0.25) is 0 Å². The number of ether oxygens (including phenoxy) is 1. The zero-order valence-electron chi connectivity index (χ0n) is 10.5. The summed E-state index contributed by atoms with van der Waals surface area (Å²) < 4.78 is 5.39. The summed E-state index contributed by atoms with van der Waals surface area (Å²) in [6.07, 6.45) is 3.08. The first kappa shape index (κ1) is 14.0. The molecule has 1 heterocycles. The molecule has 0 bridgehead atoms. The molecule has 0 amide bonds. The summed E-state index contributed by atoms with van der Waals surface area (Å²) in [6.45, 7) is 0.0676. The summed E-state index contributed by atoms with van der Waals surface area (Å²) in [6, 6.07) is 4.14. The van der Waals surface area contributed by atoms with Crippen LogP contribution in [0.3, 0.4) is 0 Å². The Balaban J connectivity index is 2.13. The fraction of sp³-hybridized carbons (Fsp3) is 0.167. The van der Waals surface area contributed by atoms with E-state index in [2.05, 4.69) is 15.3 Å². The van der Waals surface area contributed by atoms with Gasteiger partial charge < -0.3 is 10.1 Å². The first-order valence-electron chi connectivity index (χ1n) is 5.65. The number of nitrogens with one attached hydrogen (secondary N) is 1. The van der Waals surface area contributed by atoms with E-state index < -0.39 is 4.92 Å². The first-order valence-corrected chi connectivity index (χ1v) is 6.03. The molecule has 0 saturated carbocycles. The highest BCUT2D eigenvalue weighted by Gasteiger charge is 2.15. The van der Waals surface area contributed by atoms with Crippen LogP contribution in [0, 0.1) is 10.1 Å². The van der Waals surface area contributed by atoms with Gasteiger partial charge in [0, 0.05) is 24.2 Å². The largest absolute Gasteiger partial charge is 0.480 e. The Morgan fingerprint density at radius 3 is 2.80 bits per heavy atom. The second-order valence-corrected chi connectivity index (χ2v) is 4.24. The number of nitro groups is 1. The van der Waals surface area contributed by atoms with Gasteiger partial charge in [-0.3, -0.25) is 15.1 Å². The van der Waals surface area contributed by atoms with Crippen molar-refractivity contribution in [1.29, 1.82) is 0 Å². The molecule has 104 valence electrons. The van der Waals surface area contributed by atoms with E-state index in [-0.39, 0.29) is 18.0 Å². The molecule has 0 fully saturated rings. The van der Waals surface area contributed by atoms with Crippen LogP contribution in [-0.4, -0.2) is 21.9 Å². The highest BCUT2D eigenvalue weighted by molar-refractivity contribution is 6.30. The number of benzene rings is 1. The molecule has 2 rings (SSSR count). The Bertz CT molecular complexity index is 619. The Kier molecular flexibility index (Phi) is 4.31. The second-order valence-electron chi connectivity index (χ2n) is 3.80. The number of aromatic nitrogens is 2. The fourth-order valence-corrected chi connectivity index (χ4v) is 1.63. The minimum Gasteiger partial charge on any atom is -0.480 e. The van der Waals surface area contributed by atoms with E-state index in [1.807, 2.05) is 0 Å². The van der Waals surface area contributed by atoms with Gasteiger partial charge >= 0.3 is 5.69 Å². The van der Waals surface area contributed by atoms with E-state index in [1.54, 1.807) is 13.2 Å². The summed E-state index contributed by atoms with van der Waals surface area (Å²) in [5, 5.41) is 14.1. The number of hydrogen-bond donors (Lipinski definition) is 1. The molecule has 0 radical (unpaired) electrons. The van der Waals surface area contributed by atoms with Crippen molar-refractivity contribution < 1.29 is 9.66 Å². The fourth-order valence-electron chi connectivity index (χ4n) is 1.46. The number of nitro benzene ring substituents is 1. The highest BCUT2D eigenvalue weighted by atomic mass is 35.5. The molecule has 20 heavy (non-hydrogen) atoms.